The predicted octanol–water partition coefficient (Wildman–Crippen LogP) is 3.71. The lowest BCUT2D eigenvalue weighted by atomic mass is 9.82. The molecule has 0 spiro atoms. The molecule has 0 saturated heterocycles. The molecule has 2 heteroatoms. The fourth-order valence-electron chi connectivity index (χ4n) is 1.89. The summed E-state index contributed by atoms with van der Waals surface area (Å²) in [5.41, 5.74) is 0.882. The van der Waals surface area contributed by atoms with Gasteiger partial charge in [-0.05, 0) is 50.3 Å². The van der Waals surface area contributed by atoms with Crippen LogP contribution in [0.15, 0.2) is 18.2 Å². The Morgan fingerprint density at radius 2 is 2.13 bits per heavy atom. The van der Waals surface area contributed by atoms with Crippen LogP contribution in [0.1, 0.15) is 38.7 Å². The van der Waals surface area contributed by atoms with Gasteiger partial charge in [0.15, 0.2) is 11.6 Å². The maximum absolute atomic E-state index is 13.6. The van der Waals surface area contributed by atoms with Crippen LogP contribution in [0.3, 0.4) is 0 Å². The van der Waals surface area contributed by atoms with Crippen LogP contribution in [0.5, 0.6) is 5.75 Å². The van der Waals surface area contributed by atoms with Crippen molar-refractivity contribution in [2.24, 2.45) is 0 Å². The average Bonchev–Trinajstić information content (AvgIpc) is 2.18. The minimum absolute atomic E-state index is 0.130. The van der Waals surface area contributed by atoms with E-state index in [0.717, 1.165) is 24.8 Å². The molecule has 1 aliphatic rings. The maximum Gasteiger partial charge on any atom is 0.165 e. The number of rotatable bonds is 3. The zero-order valence-electron chi connectivity index (χ0n) is 9.35. The lowest BCUT2D eigenvalue weighted by Gasteiger charge is -2.38. The van der Waals surface area contributed by atoms with Crippen LogP contribution in [0.25, 0.3) is 0 Å². The van der Waals surface area contributed by atoms with E-state index >= 15 is 0 Å². The zero-order chi connectivity index (χ0) is 10.9. The first-order chi connectivity index (χ1) is 7.13. The molecular formula is C13H17FO. The molecule has 1 fully saturated rings. The van der Waals surface area contributed by atoms with Crippen LogP contribution >= 0.6 is 0 Å². The maximum atomic E-state index is 13.6. The highest BCUT2D eigenvalue weighted by atomic mass is 19.1. The van der Waals surface area contributed by atoms with Crippen LogP contribution in [-0.4, -0.2) is 5.60 Å². The quantitative estimate of drug-likeness (QED) is 0.735. The van der Waals surface area contributed by atoms with E-state index in [1.807, 2.05) is 19.9 Å². The van der Waals surface area contributed by atoms with Gasteiger partial charge in [0, 0.05) is 0 Å². The van der Waals surface area contributed by atoms with Crippen molar-refractivity contribution < 1.29 is 9.13 Å². The van der Waals surface area contributed by atoms with E-state index in [1.165, 1.54) is 6.42 Å². The topological polar surface area (TPSA) is 9.23 Å². The third-order valence-corrected chi connectivity index (χ3v) is 3.17. The van der Waals surface area contributed by atoms with Crippen molar-refractivity contribution >= 4 is 0 Å². The van der Waals surface area contributed by atoms with Gasteiger partial charge in [-0.25, -0.2) is 4.39 Å². The molecule has 0 unspecified atom stereocenters. The third kappa shape index (κ3) is 2.14. The summed E-state index contributed by atoms with van der Waals surface area (Å²) in [4.78, 5) is 0. The van der Waals surface area contributed by atoms with Gasteiger partial charge >= 0.3 is 0 Å². The molecular weight excluding hydrogens is 191 g/mol. The molecule has 0 aliphatic heterocycles. The minimum Gasteiger partial charge on any atom is -0.485 e. The number of hydrogen-bond acceptors (Lipinski definition) is 1. The fourth-order valence-corrected chi connectivity index (χ4v) is 1.89. The van der Waals surface area contributed by atoms with E-state index in [0.29, 0.717) is 5.75 Å². The van der Waals surface area contributed by atoms with E-state index < -0.39 is 0 Å². The first-order valence-electron chi connectivity index (χ1n) is 5.60. The molecule has 0 bridgehead atoms. The standard InChI is InChI=1S/C13H17FO/c1-3-10-5-6-12(11(14)9-10)15-13(2)7-4-8-13/h5-6,9H,3-4,7-8H2,1-2H3. The largest absolute Gasteiger partial charge is 0.485 e. The number of aryl methyl sites for hydroxylation is 1. The van der Waals surface area contributed by atoms with Crippen molar-refractivity contribution in [2.75, 3.05) is 0 Å². The summed E-state index contributed by atoms with van der Waals surface area (Å²) in [6.07, 6.45) is 4.10. The first kappa shape index (κ1) is 10.5. The van der Waals surface area contributed by atoms with E-state index in [2.05, 4.69) is 0 Å². The molecule has 0 heterocycles. The molecule has 0 aromatic heterocycles. The molecule has 0 N–H and O–H groups in total. The molecule has 2 rings (SSSR count). The lowest BCUT2D eigenvalue weighted by molar-refractivity contribution is 0.00793. The van der Waals surface area contributed by atoms with Crippen LogP contribution in [0, 0.1) is 5.82 Å². The Labute approximate surface area is 90.3 Å². The van der Waals surface area contributed by atoms with Gasteiger partial charge in [0.2, 0.25) is 0 Å². The van der Waals surface area contributed by atoms with Crippen molar-refractivity contribution in [1.82, 2.24) is 0 Å². The van der Waals surface area contributed by atoms with E-state index in [4.69, 9.17) is 4.74 Å². The summed E-state index contributed by atoms with van der Waals surface area (Å²) < 4.78 is 19.3. The lowest BCUT2D eigenvalue weighted by Crippen LogP contribution is -2.39. The molecule has 1 nitrogen and oxygen atoms in total. The summed E-state index contributed by atoms with van der Waals surface area (Å²) in [6.45, 7) is 4.06. The third-order valence-electron chi connectivity index (χ3n) is 3.17. The molecule has 15 heavy (non-hydrogen) atoms. The Morgan fingerprint density at radius 3 is 2.60 bits per heavy atom. The van der Waals surface area contributed by atoms with Gasteiger partial charge in [-0.2, -0.15) is 0 Å². The molecule has 0 atom stereocenters. The first-order valence-corrected chi connectivity index (χ1v) is 5.60. The summed E-state index contributed by atoms with van der Waals surface area (Å²) >= 11 is 0. The summed E-state index contributed by atoms with van der Waals surface area (Å²) in [5, 5.41) is 0. The Balaban J connectivity index is 2.14. The molecule has 1 saturated carbocycles. The zero-order valence-corrected chi connectivity index (χ0v) is 9.35. The van der Waals surface area contributed by atoms with Crippen molar-refractivity contribution in [3.05, 3.63) is 29.6 Å². The molecule has 82 valence electrons. The van der Waals surface area contributed by atoms with Gasteiger partial charge in [-0.3, -0.25) is 0 Å². The molecule has 1 aliphatic carbocycles. The number of ether oxygens (including phenoxy) is 1. The average molecular weight is 208 g/mol. The highest BCUT2D eigenvalue weighted by Crippen LogP contribution is 2.36. The normalized spacial score (nSPS) is 18.3. The SMILES string of the molecule is CCc1ccc(OC2(C)CCC2)c(F)c1. The second-order valence-corrected chi connectivity index (χ2v) is 4.52. The van der Waals surface area contributed by atoms with Gasteiger partial charge in [0.25, 0.3) is 0 Å². The number of hydrogen-bond donors (Lipinski definition) is 0. The number of halogens is 1. The number of benzene rings is 1. The molecule has 0 radical (unpaired) electrons. The van der Waals surface area contributed by atoms with Crippen molar-refractivity contribution in [1.29, 1.82) is 0 Å². The highest BCUT2D eigenvalue weighted by Gasteiger charge is 2.34. The van der Waals surface area contributed by atoms with Crippen LogP contribution in [-0.2, 0) is 6.42 Å². The highest BCUT2D eigenvalue weighted by molar-refractivity contribution is 5.30. The van der Waals surface area contributed by atoms with Crippen LogP contribution < -0.4 is 4.74 Å². The molecule has 1 aromatic rings. The minimum atomic E-state index is -0.234. The van der Waals surface area contributed by atoms with Crippen molar-refractivity contribution in [2.45, 2.75) is 45.1 Å². The smallest absolute Gasteiger partial charge is 0.165 e. The van der Waals surface area contributed by atoms with Crippen LogP contribution in [0.4, 0.5) is 4.39 Å². The van der Waals surface area contributed by atoms with Gasteiger partial charge in [-0.15, -0.1) is 0 Å². The van der Waals surface area contributed by atoms with Crippen LogP contribution in [0.2, 0.25) is 0 Å². The second-order valence-electron chi connectivity index (χ2n) is 4.52. The monoisotopic (exact) mass is 208 g/mol. The van der Waals surface area contributed by atoms with Gasteiger partial charge in [0.1, 0.15) is 5.60 Å². The van der Waals surface area contributed by atoms with Gasteiger partial charge in [0.05, 0.1) is 0 Å². The Bertz CT molecular complexity index is 356. The predicted molar refractivity (Wildman–Crippen MR) is 58.7 cm³/mol. The second kappa shape index (κ2) is 3.84. The van der Waals surface area contributed by atoms with Gasteiger partial charge < -0.3 is 4.74 Å². The van der Waals surface area contributed by atoms with E-state index in [1.54, 1.807) is 12.1 Å². The molecule has 1 aromatic carbocycles. The molecule has 0 amide bonds. The summed E-state index contributed by atoms with van der Waals surface area (Å²) in [6, 6.07) is 5.25. The van der Waals surface area contributed by atoms with Crippen molar-refractivity contribution in [3.63, 3.8) is 0 Å². The van der Waals surface area contributed by atoms with E-state index in [9.17, 15) is 4.39 Å². The Kier molecular flexibility index (Phi) is 2.68. The van der Waals surface area contributed by atoms with E-state index in [-0.39, 0.29) is 11.4 Å². The summed E-state index contributed by atoms with van der Waals surface area (Å²) in [7, 11) is 0. The van der Waals surface area contributed by atoms with Gasteiger partial charge in [-0.1, -0.05) is 13.0 Å². The Morgan fingerprint density at radius 1 is 1.40 bits per heavy atom. The Hall–Kier alpha value is -1.05. The fraction of sp³-hybridized carbons (Fsp3) is 0.538. The summed E-state index contributed by atoms with van der Waals surface area (Å²) in [5.74, 6) is 0.164. The van der Waals surface area contributed by atoms with Crippen molar-refractivity contribution in [3.8, 4) is 5.75 Å².